The van der Waals surface area contributed by atoms with Crippen molar-refractivity contribution in [2.45, 2.75) is 61.7 Å². The maximum Gasteiger partial charge on any atom is 0.483 e. The van der Waals surface area contributed by atoms with Crippen molar-refractivity contribution in [3.05, 3.63) is 33.1 Å². The highest BCUT2D eigenvalue weighted by Gasteiger charge is 2.49. The number of hydrogen-bond acceptors (Lipinski definition) is 17. The van der Waals surface area contributed by atoms with Crippen molar-refractivity contribution in [2.24, 2.45) is 0 Å². The van der Waals surface area contributed by atoms with Crippen LogP contribution in [0.1, 0.15) is 12.6 Å². The first-order valence-corrected chi connectivity index (χ1v) is 16.1. The van der Waals surface area contributed by atoms with Crippen LogP contribution >= 0.6 is 15.6 Å². The maximum atomic E-state index is 12.5. The number of carbonyl (C=O) groups excluding carboxylic acids is 1. The largest absolute Gasteiger partial charge is 0.483 e. The second kappa shape index (κ2) is 16.2. The molecule has 1 aromatic heterocycles. The van der Waals surface area contributed by atoms with Gasteiger partial charge in [-0.2, -0.15) is 4.31 Å². The van der Waals surface area contributed by atoms with Gasteiger partial charge < -0.3 is 59.6 Å². The summed E-state index contributed by atoms with van der Waals surface area (Å²) in [5, 5.41) is 53.3. The number of aliphatic hydroxyl groups is 5. The molecule has 3 rings (SSSR count). The van der Waals surface area contributed by atoms with Crippen molar-refractivity contribution in [2.75, 3.05) is 40.1 Å². The number of amides is 1. The number of hydrogen-bond donors (Lipinski definition) is 9. The van der Waals surface area contributed by atoms with E-state index < -0.39 is 101 Å². The fraction of sp³-hybridized carbons (Fsp3) is 0.762. The molecule has 24 heteroatoms. The number of H-pyrrole nitrogens is 1. The van der Waals surface area contributed by atoms with Gasteiger partial charge in [-0.3, -0.25) is 28.2 Å². The minimum absolute atomic E-state index is 0.0345. The molecule has 0 spiro atoms. The van der Waals surface area contributed by atoms with E-state index in [1.54, 1.807) is 0 Å². The molecule has 3 heterocycles. The van der Waals surface area contributed by atoms with Crippen LogP contribution in [0, 0.1) is 0 Å². The molecule has 258 valence electrons. The molecule has 1 amide bonds. The van der Waals surface area contributed by atoms with Crippen LogP contribution in [0.4, 0.5) is 0 Å². The number of phosphoric acid groups is 2. The predicted molar refractivity (Wildman–Crippen MR) is 142 cm³/mol. The second-order valence-corrected chi connectivity index (χ2v) is 12.7. The summed E-state index contributed by atoms with van der Waals surface area (Å²) in [6, 6.07) is 0.926. The molecule has 2 fully saturated rings. The lowest BCUT2D eigenvalue weighted by atomic mass is 9.99. The number of ether oxygens (including phenoxy) is 4. The molecule has 0 radical (unpaired) electrons. The number of carbonyl (C=O) groups is 1. The average Bonchev–Trinajstić information content (AvgIpc) is 3.23. The molecule has 9 N–H and O–H groups in total. The van der Waals surface area contributed by atoms with E-state index >= 15 is 0 Å². The zero-order valence-electron chi connectivity index (χ0n) is 23.5. The number of aromatic amines is 1. The number of aliphatic hydroxyl groups excluding tert-OH is 5. The van der Waals surface area contributed by atoms with E-state index in [2.05, 4.69) is 18.7 Å². The molecule has 11 atom stereocenters. The Morgan fingerprint density at radius 2 is 1.64 bits per heavy atom. The summed E-state index contributed by atoms with van der Waals surface area (Å²) < 4.78 is 59.3. The summed E-state index contributed by atoms with van der Waals surface area (Å²) in [5.41, 5.74) is -1.76. The summed E-state index contributed by atoms with van der Waals surface area (Å²) in [7, 11) is -9.75. The first kappa shape index (κ1) is 37.5. The predicted octanol–water partition coefficient (Wildman–Crippen LogP) is -4.62. The SMILES string of the molecule is COCCOCCC(=O)NCC1O[C@H](OP(=O)(O)OP(=O)(O)OCC2OC(n3ccc(=O)[nH]c3=O)[C@H](O)[C@@H]2O)C(O)[C@@H](O)[C@H]1O. The smallest absolute Gasteiger partial charge is 0.388 e. The summed E-state index contributed by atoms with van der Waals surface area (Å²) in [6.07, 6.45) is -15.7. The van der Waals surface area contributed by atoms with E-state index in [0.29, 0.717) is 6.61 Å². The Balaban J connectivity index is 1.54. The van der Waals surface area contributed by atoms with Crippen molar-refractivity contribution in [1.29, 1.82) is 0 Å². The van der Waals surface area contributed by atoms with E-state index in [1.807, 2.05) is 4.98 Å². The van der Waals surface area contributed by atoms with Gasteiger partial charge in [0, 0.05) is 32.3 Å². The second-order valence-electron chi connectivity index (χ2n) is 9.66. The minimum Gasteiger partial charge on any atom is -0.388 e. The third kappa shape index (κ3) is 10.5. The number of nitrogens with one attached hydrogen (secondary N) is 2. The van der Waals surface area contributed by atoms with Crippen LogP contribution in [-0.4, -0.2) is 140 Å². The Morgan fingerprint density at radius 3 is 2.31 bits per heavy atom. The average molecular weight is 695 g/mol. The highest BCUT2D eigenvalue weighted by atomic mass is 31.3. The molecular weight excluding hydrogens is 660 g/mol. The monoisotopic (exact) mass is 695 g/mol. The molecule has 0 aromatic carbocycles. The normalized spacial score (nSPS) is 32.9. The van der Waals surface area contributed by atoms with Crippen molar-refractivity contribution < 1.29 is 81.5 Å². The molecule has 2 saturated heterocycles. The Kier molecular flexibility index (Phi) is 13.5. The third-order valence-electron chi connectivity index (χ3n) is 6.38. The third-order valence-corrected chi connectivity index (χ3v) is 8.98. The van der Waals surface area contributed by atoms with E-state index in [4.69, 9.17) is 18.9 Å². The molecule has 0 aliphatic carbocycles. The maximum absolute atomic E-state index is 12.5. The summed E-state index contributed by atoms with van der Waals surface area (Å²) in [6.45, 7) is -0.929. The molecule has 0 saturated carbocycles. The van der Waals surface area contributed by atoms with Gasteiger partial charge in [0.1, 0.15) is 42.7 Å². The van der Waals surface area contributed by atoms with E-state index in [1.165, 1.54) is 7.11 Å². The number of rotatable bonds is 16. The quantitative estimate of drug-likeness (QED) is 0.0580. The molecule has 22 nitrogen and oxygen atoms in total. The minimum atomic E-state index is -5.68. The van der Waals surface area contributed by atoms with E-state index in [0.717, 1.165) is 16.8 Å². The standard InChI is InChI=1S/C21H35N3O19P2/c1-37-6-7-38-5-3-12(25)22-8-10-14(27)16(29)18(31)20(41-10)42-45(35,36)43-44(33,34)39-9-11-15(28)17(30)19(40-11)24-4-2-13(26)23-21(24)32/h2,4,10-11,14-20,27-31H,3,5-9H2,1H3,(H,22,25)(H,33,34)(H,35,36)(H,23,26,32)/t10?,11?,14-,15+,16-,17+,18?,19?,20+/m0/s1. The fourth-order valence-corrected chi connectivity index (χ4v) is 6.24. The van der Waals surface area contributed by atoms with Gasteiger partial charge in [-0.1, -0.05) is 0 Å². The Morgan fingerprint density at radius 1 is 0.956 bits per heavy atom. The summed E-state index contributed by atoms with van der Waals surface area (Å²) >= 11 is 0. The molecule has 45 heavy (non-hydrogen) atoms. The van der Waals surface area contributed by atoms with Crippen LogP contribution in [-0.2, 0) is 46.2 Å². The van der Waals surface area contributed by atoms with Crippen LogP contribution in [0.2, 0.25) is 0 Å². The zero-order chi connectivity index (χ0) is 33.5. The van der Waals surface area contributed by atoms with Crippen molar-refractivity contribution in [3.8, 4) is 0 Å². The van der Waals surface area contributed by atoms with Gasteiger partial charge in [-0.05, 0) is 0 Å². The Bertz CT molecular complexity index is 1340. The Hall–Kier alpha value is -1.95. The van der Waals surface area contributed by atoms with Crippen molar-refractivity contribution in [1.82, 2.24) is 14.9 Å². The van der Waals surface area contributed by atoms with E-state index in [9.17, 15) is 58.8 Å². The van der Waals surface area contributed by atoms with Gasteiger partial charge in [-0.15, -0.1) is 0 Å². The van der Waals surface area contributed by atoms with Gasteiger partial charge in [0.2, 0.25) is 5.91 Å². The number of phosphoric ester groups is 2. The fourth-order valence-electron chi connectivity index (χ4n) is 4.08. The van der Waals surface area contributed by atoms with Gasteiger partial charge >= 0.3 is 21.3 Å². The lowest BCUT2D eigenvalue weighted by Crippen LogP contribution is -2.60. The molecule has 6 unspecified atom stereocenters. The van der Waals surface area contributed by atoms with Gasteiger partial charge in [0.15, 0.2) is 12.5 Å². The van der Waals surface area contributed by atoms with Crippen LogP contribution in [0.3, 0.4) is 0 Å². The lowest BCUT2D eigenvalue weighted by Gasteiger charge is -2.40. The highest BCUT2D eigenvalue weighted by molar-refractivity contribution is 7.61. The van der Waals surface area contributed by atoms with E-state index in [-0.39, 0.29) is 19.6 Å². The van der Waals surface area contributed by atoms with Crippen LogP contribution in [0.15, 0.2) is 21.9 Å². The van der Waals surface area contributed by atoms with Crippen LogP contribution < -0.4 is 16.6 Å². The Labute approximate surface area is 253 Å². The molecule has 0 bridgehead atoms. The number of aromatic nitrogens is 2. The van der Waals surface area contributed by atoms with Crippen LogP contribution in [0.25, 0.3) is 0 Å². The van der Waals surface area contributed by atoms with Crippen LogP contribution in [0.5, 0.6) is 0 Å². The van der Waals surface area contributed by atoms with Crippen molar-refractivity contribution >= 4 is 21.6 Å². The molecular formula is C21H35N3O19P2. The first-order valence-electron chi connectivity index (χ1n) is 13.1. The topological polar surface area (TPSA) is 324 Å². The first-order chi connectivity index (χ1) is 21.0. The number of nitrogens with zero attached hydrogens (tertiary/aromatic N) is 1. The molecule has 2 aliphatic rings. The van der Waals surface area contributed by atoms with Crippen molar-refractivity contribution in [3.63, 3.8) is 0 Å². The zero-order valence-corrected chi connectivity index (χ0v) is 25.3. The molecule has 2 aliphatic heterocycles. The van der Waals surface area contributed by atoms with Gasteiger partial charge in [0.25, 0.3) is 5.56 Å². The lowest BCUT2D eigenvalue weighted by molar-refractivity contribution is -0.273. The van der Waals surface area contributed by atoms with Gasteiger partial charge in [0.05, 0.1) is 26.4 Å². The highest BCUT2D eigenvalue weighted by Crippen LogP contribution is 2.61. The van der Waals surface area contributed by atoms with Gasteiger partial charge in [-0.25, -0.2) is 13.9 Å². The summed E-state index contributed by atoms with van der Waals surface area (Å²) in [5.74, 6) is -0.559. The summed E-state index contributed by atoms with van der Waals surface area (Å²) in [4.78, 5) is 57.2. The number of methoxy groups -OCH3 is 1. The molecule has 1 aromatic rings.